The average molecular weight is 199 g/mol. The fraction of sp³-hybridized carbons (Fsp3) is 0.909. The van der Waals surface area contributed by atoms with Gasteiger partial charge in [-0.25, -0.2) is 0 Å². The first-order valence-electron chi connectivity index (χ1n) is 5.70. The first-order chi connectivity index (χ1) is 6.84. The third kappa shape index (κ3) is 4.09. The Bertz CT molecular complexity index is 171. The molecule has 1 amide bonds. The summed E-state index contributed by atoms with van der Waals surface area (Å²) >= 11 is 0. The van der Waals surface area contributed by atoms with Crippen molar-refractivity contribution in [2.24, 2.45) is 5.92 Å². The first kappa shape index (κ1) is 11.5. The molecule has 1 aliphatic rings. The van der Waals surface area contributed by atoms with Crippen LogP contribution in [0.25, 0.3) is 0 Å². The molecule has 0 bridgehead atoms. The summed E-state index contributed by atoms with van der Waals surface area (Å²) in [5.74, 6) is 0.414. The van der Waals surface area contributed by atoms with Crippen LogP contribution in [-0.4, -0.2) is 25.7 Å². The van der Waals surface area contributed by atoms with Crippen molar-refractivity contribution in [3.63, 3.8) is 0 Å². The lowest BCUT2D eigenvalue weighted by Gasteiger charge is -2.12. The van der Waals surface area contributed by atoms with Gasteiger partial charge in [0.1, 0.15) is 0 Å². The lowest BCUT2D eigenvalue weighted by Crippen LogP contribution is -2.29. The second-order valence-electron chi connectivity index (χ2n) is 3.88. The van der Waals surface area contributed by atoms with Crippen LogP contribution in [0, 0.1) is 5.92 Å². The van der Waals surface area contributed by atoms with Gasteiger partial charge in [-0.2, -0.15) is 0 Å². The van der Waals surface area contributed by atoms with E-state index in [-0.39, 0.29) is 11.8 Å². The standard InChI is InChI=1S/C11H21NO2/c1-2-8-14-9-6-10-5-3-4-7-12-11(10)13/h10H,2-9H2,1H3,(H,12,13). The summed E-state index contributed by atoms with van der Waals surface area (Å²) in [7, 11) is 0. The maximum absolute atomic E-state index is 11.5. The highest BCUT2D eigenvalue weighted by Gasteiger charge is 2.19. The fourth-order valence-corrected chi connectivity index (χ4v) is 1.75. The van der Waals surface area contributed by atoms with E-state index in [0.717, 1.165) is 51.9 Å². The van der Waals surface area contributed by atoms with Crippen molar-refractivity contribution in [3.05, 3.63) is 0 Å². The third-order valence-corrected chi connectivity index (χ3v) is 2.61. The molecule has 1 fully saturated rings. The molecule has 0 aromatic heterocycles. The summed E-state index contributed by atoms with van der Waals surface area (Å²) in [4.78, 5) is 11.5. The van der Waals surface area contributed by atoms with Crippen LogP contribution in [0.4, 0.5) is 0 Å². The number of amides is 1. The Kier molecular flexibility index (Phi) is 5.60. The molecule has 3 nitrogen and oxygen atoms in total. The number of carbonyl (C=O) groups is 1. The molecule has 14 heavy (non-hydrogen) atoms. The van der Waals surface area contributed by atoms with Crippen LogP contribution in [0.5, 0.6) is 0 Å². The molecule has 0 aliphatic carbocycles. The predicted octanol–water partition coefficient (Wildman–Crippen LogP) is 1.72. The third-order valence-electron chi connectivity index (χ3n) is 2.61. The molecule has 1 unspecified atom stereocenters. The molecule has 1 aliphatic heterocycles. The Balaban J connectivity index is 2.16. The minimum atomic E-state index is 0.189. The number of ether oxygens (including phenoxy) is 1. The van der Waals surface area contributed by atoms with E-state index in [1.165, 1.54) is 0 Å². The number of hydrogen-bond donors (Lipinski definition) is 1. The van der Waals surface area contributed by atoms with Gasteiger partial charge in [-0.15, -0.1) is 0 Å². The number of carbonyl (C=O) groups excluding carboxylic acids is 1. The van der Waals surface area contributed by atoms with E-state index in [1.807, 2.05) is 0 Å². The number of hydrogen-bond acceptors (Lipinski definition) is 2. The van der Waals surface area contributed by atoms with Crippen molar-refractivity contribution in [1.29, 1.82) is 0 Å². The van der Waals surface area contributed by atoms with Crippen LogP contribution in [0.2, 0.25) is 0 Å². The van der Waals surface area contributed by atoms with Crippen LogP contribution in [0.1, 0.15) is 39.0 Å². The zero-order valence-corrected chi connectivity index (χ0v) is 9.05. The van der Waals surface area contributed by atoms with E-state index in [9.17, 15) is 4.79 Å². The molecular weight excluding hydrogens is 178 g/mol. The summed E-state index contributed by atoms with van der Waals surface area (Å²) in [6.07, 6.45) is 5.25. The average Bonchev–Trinajstić information content (AvgIpc) is 2.39. The zero-order chi connectivity index (χ0) is 10.2. The van der Waals surface area contributed by atoms with Gasteiger partial charge in [0, 0.05) is 25.7 Å². The van der Waals surface area contributed by atoms with Gasteiger partial charge in [-0.1, -0.05) is 13.3 Å². The van der Waals surface area contributed by atoms with E-state index < -0.39 is 0 Å². The van der Waals surface area contributed by atoms with Gasteiger partial charge in [-0.3, -0.25) is 4.79 Å². The minimum Gasteiger partial charge on any atom is -0.381 e. The van der Waals surface area contributed by atoms with Gasteiger partial charge < -0.3 is 10.1 Å². The summed E-state index contributed by atoms with van der Waals surface area (Å²) in [5.41, 5.74) is 0. The summed E-state index contributed by atoms with van der Waals surface area (Å²) in [5, 5.41) is 2.94. The molecule has 1 heterocycles. The van der Waals surface area contributed by atoms with E-state index in [4.69, 9.17) is 4.74 Å². The maximum Gasteiger partial charge on any atom is 0.223 e. The van der Waals surface area contributed by atoms with Gasteiger partial charge in [0.05, 0.1) is 0 Å². The van der Waals surface area contributed by atoms with Crippen molar-refractivity contribution >= 4 is 5.91 Å². The van der Waals surface area contributed by atoms with Crippen molar-refractivity contribution < 1.29 is 9.53 Å². The van der Waals surface area contributed by atoms with Crippen LogP contribution < -0.4 is 5.32 Å². The van der Waals surface area contributed by atoms with Gasteiger partial charge in [-0.05, 0) is 25.7 Å². The quantitative estimate of drug-likeness (QED) is 0.685. The number of rotatable bonds is 5. The molecule has 3 heteroatoms. The molecular formula is C11H21NO2. The normalized spacial score (nSPS) is 22.9. The molecule has 1 N–H and O–H groups in total. The van der Waals surface area contributed by atoms with Crippen molar-refractivity contribution in [3.8, 4) is 0 Å². The fourth-order valence-electron chi connectivity index (χ4n) is 1.75. The Morgan fingerprint density at radius 2 is 2.29 bits per heavy atom. The van der Waals surface area contributed by atoms with Gasteiger partial charge in [0.15, 0.2) is 0 Å². The molecule has 0 aromatic carbocycles. The molecule has 0 spiro atoms. The summed E-state index contributed by atoms with van der Waals surface area (Å²) in [6.45, 7) is 4.49. The monoisotopic (exact) mass is 199 g/mol. The van der Waals surface area contributed by atoms with Gasteiger partial charge >= 0.3 is 0 Å². The smallest absolute Gasteiger partial charge is 0.223 e. The van der Waals surface area contributed by atoms with Crippen molar-refractivity contribution in [2.45, 2.75) is 39.0 Å². The lowest BCUT2D eigenvalue weighted by atomic mass is 9.99. The largest absolute Gasteiger partial charge is 0.381 e. The predicted molar refractivity (Wildman–Crippen MR) is 56.1 cm³/mol. The highest BCUT2D eigenvalue weighted by molar-refractivity contribution is 5.78. The van der Waals surface area contributed by atoms with Gasteiger partial charge in [0.25, 0.3) is 0 Å². The molecule has 0 saturated carbocycles. The molecule has 1 atom stereocenters. The SMILES string of the molecule is CCCOCCC1CCCCNC1=O. The molecule has 1 saturated heterocycles. The van der Waals surface area contributed by atoms with Crippen LogP contribution in [-0.2, 0) is 9.53 Å². The minimum absolute atomic E-state index is 0.189. The van der Waals surface area contributed by atoms with Crippen LogP contribution >= 0.6 is 0 Å². The van der Waals surface area contributed by atoms with Crippen molar-refractivity contribution in [2.75, 3.05) is 19.8 Å². The Hall–Kier alpha value is -0.570. The molecule has 0 radical (unpaired) electrons. The van der Waals surface area contributed by atoms with Crippen molar-refractivity contribution in [1.82, 2.24) is 5.32 Å². The summed E-state index contributed by atoms with van der Waals surface area (Å²) < 4.78 is 5.39. The highest BCUT2D eigenvalue weighted by Crippen LogP contribution is 2.15. The zero-order valence-electron chi connectivity index (χ0n) is 9.05. The molecule has 0 aromatic rings. The lowest BCUT2D eigenvalue weighted by molar-refractivity contribution is -0.125. The first-order valence-corrected chi connectivity index (χ1v) is 5.70. The van der Waals surface area contributed by atoms with Crippen LogP contribution in [0.15, 0.2) is 0 Å². The molecule has 1 rings (SSSR count). The van der Waals surface area contributed by atoms with E-state index in [0.29, 0.717) is 0 Å². The number of nitrogens with one attached hydrogen (secondary N) is 1. The Morgan fingerprint density at radius 1 is 1.43 bits per heavy atom. The van der Waals surface area contributed by atoms with E-state index >= 15 is 0 Å². The summed E-state index contributed by atoms with van der Waals surface area (Å²) in [6, 6.07) is 0. The topological polar surface area (TPSA) is 38.3 Å². The second kappa shape index (κ2) is 6.82. The molecule has 82 valence electrons. The van der Waals surface area contributed by atoms with E-state index in [2.05, 4.69) is 12.2 Å². The maximum atomic E-state index is 11.5. The Morgan fingerprint density at radius 3 is 3.07 bits per heavy atom. The van der Waals surface area contributed by atoms with E-state index in [1.54, 1.807) is 0 Å². The highest BCUT2D eigenvalue weighted by atomic mass is 16.5. The van der Waals surface area contributed by atoms with Crippen LogP contribution in [0.3, 0.4) is 0 Å². The second-order valence-corrected chi connectivity index (χ2v) is 3.88. The Labute approximate surface area is 86.2 Å². The van der Waals surface area contributed by atoms with Gasteiger partial charge in [0.2, 0.25) is 5.91 Å².